The summed E-state index contributed by atoms with van der Waals surface area (Å²) in [6.45, 7) is 0. The Balaban J connectivity index is 1.82. The number of ketones is 1. The summed E-state index contributed by atoms with van der Waals surface area (Å²) >= 11 is 1.64. The molecule has 0 fully saturated rings. The number of rotatable bonds is 3. The van der Waals surface area contributed by atoms with Crippen LogP contribution in [-0.2, 0) is 19.3 Å². The smallest absolute Gasteiger partial charge is 0.167 e. The van der Waals surface area contributed by atoms with Gasteiger partial charge in [-0.3, -0.25) is 4.79 Å². The topological polar surface area (TPSA) is 17.1 Å². The second-order valence-electron chi connectivity index (χ2n) is 4.57. The van der Waals surface area contributed by atoms with Crippen molar-refractivity contribution in [3.8, 4) is 0 Å². The van der Waals surface area contributed by atoms with Crippen molar-refractivity contribution >= 4 is 17.1 Å². The fourth-order valence-corrected chi connectivity index (χ4v) is 3.09. The van der Waals surface area contributed by atoms with Crippen LogP contribution >= 0.6 is 11.3 Å². The van der Waals surface area contributed by atoms with Crippen LogP contribution < -0.4 is 0 Å². The van der Waals surface area contributed by atoms with Crippen LogP contribution in [0.2, 0.25) is 0 Å². The third-order valence-electron chi connectivity index (χ3n) is 3.37. The highest BCUT2D eigenvalue weighted by atomic mass is 32.1. The van der Waals surface area contributed by atoms with Crippen LogP contribution in [0.25, 0.3) is 0 Å². The maximum absolute atomic E-state index is 12.1. The fourth-order valence-electron chi connectivity index (χ4n) is 2.43. The lowest BCUT2D eigenvalue weighted by molar-refractivity contribution is 0.0993. The zero-order valence-corrected chi connectivity index (χ0v) is 10.4. The largest absolute Gasteiger partial charge is 0.294 e. The molecule has 1 aliphatic rings. The van der Waals surface area contributed by atoms with Gasteiger partial charge in [-0.2, -0.15) is 11.3 Å². The molecule has 3 rings (SSSR count). The molecular weight excluding hydrogens is 228 g/mol. The second kappa shape index (κ2) is 4.46. The normalized spacial score (nSPS) is 13.6. The number of thiophene rings is 1. The summed E-state index contributed by atoms with van der Waals surface area (Å²) in [6.07, 6.45) is 4.07. The maximum atomic E-state index is 12.1. The number of hydrogen-bond donors (Lipinski definition) is 0. The number of benzene rings is 1. The molecule has 1 aromatic heterocycles. The standard InChI is InChI=1S/C15H14OS/c16-15(8-11-6-7-17-10-11)14-5-4-12-2-1-3-13(12)9-14/h4-7,9-10H,1-3,8H2. The van der Waals surface area contributed by atoms with Crippen LogP contribution in [0.3, 0.4) is 0 Å². The van der Waals surface area contributed by atoms with Crippen molar-refractivity contribution in [2.75, 3.05) is 0 Å². The molecule has 17 heavy (non-hydrogen) atoms. The molecule has 2 heteroatoms. The molecule has 1 aliphatic carbocycles. The molecule has 0 atom stereocenters. The summed E-state index contributed by atoms with van der Waals surface area (Å²) < 4.78 is 0. The van der Waals surface area contributed by atoms with Crippen LogP contribution in [-0.4, -0.2) is 5.78 Å². The molecule has 0 saturated carbocycles. The number of Topliss-reactive ketones (excluding diaryl/α,β-unsaturated/α-hetero) is 1. The monoisotopic (exact) mass is 242 g/mol. The predicted molar refractivity (Wildman–Crippen MR) is 70.8 cm³/mol. The molecule has 1 nitrogen and oxygen atoms in total. The number of fused-ring (bicyclic) bond motifs is 1. The molecule has 0 aliphatic heterocycles. The molecule has 1 aromatic carbocycles. The first-order valence-electron chi connectivity index (χ1n) is 5.99. The quantitative estimate of drug-likeness (QED) is 0.751. The lowest BCUT2D eigenvalue weighted by Crippen LogP contribution is -2.03. The highest BCUT2D eigenvalue weighted by Gasteiger charge is 2.14. The van der Waals surface area contributed by atoms with Gasteiger partial charge in [-0.05, 0) is 58.8 Å². The molecule has 0 amide bonds. The van der Waals surface area contributed by atoms with Gasteiger partial charge in [0, 0.05) is 12.0 Å². The van der Waals surface area contributed by atoms with E-state index < -0.39 is 0 Å². The van der Waals surface area contributed by atoms with Crippen molar-refractivity contribution in [1.29, 1.82) is 0 Å². The number of hydrogen-bond acceptors (Lipinski definition) is 2. The minimum absolute atomic E-state index is 0.234. The van der Waals surface area contributed by atoms with Crippen molar-refractivity contribution in [3.63, 3.8) is 0 Å². The van der Waals surface area contributed by atoms with E-state index in [0.717, 1.165) is 17.5 Å². The Hall–Kier alpha value is -1.41. The molecule has 1 heterocycles. The maximum Gasteiger partial charge on any atom is 0.167 e. The Morgan fingerprint density at radius 3 is 2.88 bits per heavy atom. The second-order valence-corrected chi connectivity index (χ2v) is 5.35. The van der Waals surface area contributed by atoms with Crippen molar-refractivity contribution < 1.29 is 4.79 Å². The summed E-state index contributed by atoms with van der Waals surface area (Å²) in [7, 11) is 0. The summed E-state index contributed by atoms with van der Waals surface area (Å²) in [6, 6.07) is 8.23. The van der Waals surface area contributed by atoms with Crippen LogP contribution in [0.15, 0.2) is 35.0 Å². The van der Waals surface area contributed by atoms with Gasteiger partial charge in [0.05, 0.1) is 0 Å². The lowest BCUT2D eigenvalue weighted by atomic mass is 10.0. The first kappa shape index (κ1) is 10.7. The average Bonchev–Trinajstić information content (AvgIpc) is 2.97. The Morgan fingerprint density at radius 1 is 1.18 bits per heavy atom. The van der Waals surface area contributed by atoms with Gasteiger partial charge < -0.3 is 0 Å². The lowest BCUT2D eigenvalue weighted by Gasteiger charge is -2.03. The molecule has 0 saturated heterocycles. The van der Waals surface area contributed by atoms with Crippen molar-refractivity contribution in [1.82, 2.24) is 0 Å². The summed E-state index contributed by atoms with van der Waals surface area (Å²) in [5, 5.41) is 4.07. The van der Waals surface area contributed by atoms with E-state index in [-0.39, 0.29) is 5.78 Å². The third-order valence-corrected chi connectivity index (χ3v) is 4.10. The Labute approximate surface area is 105 Å². The van der Waals surface area contributed by atoms with Crippen LogP contribution in [0.1, 0.15) is 33.5 Å². The third kappa shape index (κ3) is 2.18. The minimum atomic E-state index is 0.234. The molecule has 0 unspecified atom stereocenters. The van der Waals surface area contributed by atoms with Gasteiger partial charge in [-0.1, -0.05) is 12.1 Å². The van der Waals surface area contributed by atoms with E-state index >= 15 is 0 Å². The van der Waals surface area contributed by atoms with Gasteiger partial charge in [0.25, 0.3) is 0 Å². The Kier molecular flexibility index (Phi) is 2.81. The highest BCUT2D eigenvalue weighted by molar-refractivity contribution is 7.08. The van der Waals surface area contributed by atoms with Crippen LogP contribution in [0, 0.1) is 0 Å². The first-order chi connectivity index (χ1) is 8.33. The van der Waals surface area contributed by atoms with E-state index in [0.29, 0.717) is 6.42 Å². The van der Waals surface area contributed by atoms with E-state index in [9.17, 15) is 4.79 Å². The summed E-state index contributed by atoms with van der Waals surface area (Å²) in [5.74, 6) is 0.234. The fraction of sp³-hybridized carbons (Fsp3) is 0.267. The number of carbonyl (C=O) groups excluding carboxylic acids is 1. The van der Waals surface area contributed by atoms with Crippen molar-refractivity contribution in [2.24, 2.45) is 0 Å². The molecule has 0 spiro atoms. The highest BCUT2D eigenvalue weighted by Crippen LogP contribution is 2.23. The van der Waals surface area contributed by atoms with Crippen molar-refractivity contribution in [3.05, 3.63) is 57.3 Å². The predicted octanol–water partition coefficient (Wildman–Crippen LogP) is 3.66. The van der Waals surface area contributed by atoms with Crippen LogP contribution in [0.5, 0.6) is 0 Å². The molecule has 0 N–H and O–H groups in total. The van der Waals surface area contributed by atoms with E-state index in [2.05, 4.69) is 12.1 Å². The van der Waals surface area contributed by atoms with Gasteiger partial charge in [0.2, 0.25) is 0 Å². The zero-order valence-electron chi connectivity index (χ0n) is 9.61. The van der Waals surface area contributed by atoms with E-state index in [4.69, 9.17) is 0 Å². The molecule has 86 valence electrons. The number of aryl methyl sites for hydroxylation is 2. The Morgan fingerprint density at radius 2 is 2.06 bits per heavy atom. The molecule has 0 bridgehead atoms. The molecule has 0 radical (unpaired) electrons. The van der Waals surface area contributed by atoms with Gasteiger partial charge in [-0.25, -0.2) is 0 Å². The van der Waals surface area contributed by atoms with Crippen molar-refractivity contribution in [2.45, 2.75) is 25.7 Å². The average molecular weight is 242 g/mol. The first-order valence-corrected chi connectivity index (χ1v) is 6.93. The summed E-state index contributed by atoms with van der Waals surface area (Å²) in [5.41, 5.74) is 4.80. The van der Waals surface area contributed by atoms with E-state index in [1.165, 1.54) is 24.0 Å². The zero-order chi connectivity index (χ0) is 11.7. The van der Waals surface area contributed by atoms with Gasteiger partial charge in [0.1, 0.15) is 0 Å². The van der Waals surface area contributed by atoms with Gasteiger partial charge in [-0.15, -0.1) is 0 Å². The SMILES string of the molecule is O=C(Cc1ccsc1)c1ccc2c(c1)CCC2. The summed E-state index contributed by atoms with van der Waals surface area (Å²) in [4.78, 5) is 12.1. The van der Waals surface area contributed by atoms with Gasteiger partial charge >= 0.3 is 0 Å². The van der Waals surface area contributed by atoms with E-state index in [1.54, 1.807) is 11.3 Å². The Bertz CT molecular complexity index is 540. The molecular formula is C15H14OS. The molecule has 2 aromatic rings. The van der Waals surface area contributed by atoms with E-state index in [1.807, 2.05) is 22.9 Å². The minimum Gasteiger partial charge on any atom is -0.294 e. The van der Waals surface area contributed by atoms with Crippen LogP contribution in [0.4, 0.5) is 0 Å². The van der Waals surface area contributed by atoms with Gasteiger partial charge in [0.15, 0.2) is 5.78 Å². The number of carbonyl (C=O) groups is 1.